The van der Waals surface area contributed by atoms with Crippen LogP contribution in [0.1, 0.15) is 19.8 Å². The second-order valence-corrected chi connectivity index (χ2v) is 6.56. The van der Waals surface area contributed by atoms with Crippen molar-refractivity contribution < 1.29 is 51.8 Å². The summed E-state index contributed by atoms with van der Waals surface area (Å²) in [6, 6.07) is 0. The van der Waals surface area contributed by atoms with Crippen LogP contribution in [0, 0.1) is 0 Å². The van der Waals surface area contributed by atoms with Crippen LogP contribution in [0.4, 0.5) is 4.39 Å². The minimum atomic E-state index is -0.474. The largest absolute Gasteiger partial charge is 0.463 e. The number of esters is 1. The molecule has 0 saturated carbocycles. The van der Waals surface area contributed by atoms with Crippen LogP contribution in [-0.4, -0.2) is 125 Å². The van der Waals surface area contributed by atoms with E-state index in [0.29, 0.717) is 106 Å². The van der Waals surface area contributed by atoms with Gasteiger partial charge in [0.1, 0.15) is 13.3 Å². The molecule has 0 rings (SSSR count). The first-order valence-corrected chi connectivity index (χ1v) is 11.6. The Kier molecular flexibility index (Phi) is 28.3. The zero-order valence-corrected chi connectivity index (χ0v) is 20.1. The van der Waals surface area contributed by atoms with Gasteiger partial charge in [0.25, 0.3) is 0 Å². The molecule has 0 spiro atoms. The van der Waals surface area contributed by atoms with Crippen molar-refractivity contribution in [3.63, 3.8) is 0 Å². The minimum absolute atomic E-state index is 0.113. The molecule has 0 fully saturated rings. The number of carbonyl (C=O) groups is 1. The molecule has 0 aliphatic heterocycles. The van der Waals surface area contributed by atoms with Crippen LogP contribution in [-0.2, 0) is 47.4 Å². The van der Waals surface area contributed by atoms with Crippen molar-refractivity contribution in [2.45, 2.75) is 19.8 Å². The molecule has 0 unspecified atom stereocenters. The monoisotopic (exact) mass is 486 g/mol. The molecule has 0 aliphatic carbocycles. The molecule has 10 nitrogen and oxygen atoms in total. The first-order valence-electron chi connectivity index (χ1n) is 11.6. The Morgan fingerprint density at radius 1 is 0.485 bits per heavy atom. The summed E-state index contributed by atoms with van der Waals surface area (Å²) in [5, 5.41) is 0. The quantitative estimate of drug-likeness (QED) is 0.119. The molecule has 0 radical (unpaired) electrons. The van der Waals surface area contributed by atoms with E-state index in [1.165, 1.54) is 0 Å². The Labute approximate surface area is 197 Å². The minimum Gasteiger partial charge on any atom is -0.463 e. The van der Waals surface area contributed by atoms with E-state index < -0.39 is 6.67 Å². The van der Waals surface area contributed by atoms with Crippen molar-refractivity contribution in [2.24, 2.45) is 0 Å². The van der Waals surface area contributed by atoms with Crippen molar-refractivity contribution in [2.75, 3.05) is 119 Å². The molecule has 0 aromatic carbocycles. The second-order valence-electron chi connectivity index (χ2n) is 6.56. The second kappa shape index (κ2) is 29.1. The number of alkyl halides is 1. The van der Waals surface area contributed by atoms with Gasteiger partial charge in [0.15, 0.2) is 0 Å². The Hall–Kier alpha value is -0.920. The van der Waals surface area contributed by atoms with E-state index >= 15 is 0 Å². The highest BCUT2D eigenvalue weighted by Crippen LogP contribution is 1.91. The molecule has 0 aliphatic rings. The van der Waals surface area contributed by atoms with Gasteiger partial charge in [0.05, 0.1) is 106 Å². The summed E-state index contributed by atoms with van der Waals surface area (Å²) in [5.41, 5.74) is 0. The molecule has 0 atom stereocenters. The SMILES string of the molecule is CCCC(=O)OCCOCCOCCOCCOCCOCCOCCOCCOCCF. The van der Waals surface area contributed by atoms with Crippen LogP contribution in [0.2, 0.25) is 0 Å². The van der Waals surface area contributed by atoms with Gasteiger partial charge in [-0.25, -0.2) is 4.39 Å². The number of hydrogen-bond acceptors (Lipinski definition) is 10. The summed E-state index contributed by atoms with van der Waals surface area (Å²) in [6.07, 6.45) is 1.23. The lowest BCUT2D eigenvalue weighted by atomic mass is 10.3. The van der Waals surface area contributed by atoms with Crippen molar-refractivity contribution in [1.29, 1.82) is 0 Å². The van der Waals surface area contributed by atoms with Gasteiger partial charge in [0.2, 0.25) is 0 Å². The molecule has 0 amide bonds. The lowest BCUT2D eigenvalue weighted by molar-refractivity contribution is -0.145. The van der Waals surface area contributed by atoms with E-state index in [4.69, 9.17) is 42.6 Å². The third kappa shape index (κ3) is 29.0. The fourth-order valence-corrected chi connectivity index (χ4v) is 2.19. The molecule has 0 heterocycles. The smallest absolute Gasteiger partial charge is 0.305 e. The number of halogens is 1. The van der Waals surface area contributed by atoms with Gasteiger partial charge in [-0.3, -0.25) is 4.79 Å². The Morgan fingerprint density at radius 3 is 1.03 bits per heavy atom. The number of carbonyl (C=O) groups excluding carboxylic acids is 1. The molecule has 0 aromatic heterocycles. The molecular weight excluding hydrogens is 443 g/mol. The van der Waals surface area contributed by atoms with E-state index in [9.17, 15) is 9.18 Å². The molecular formula is C22H43FO10. The fraction of sp³-hybridized carbons (Fsp3) is 0.955. The van der Waals surface area contributed by atoms with Gasteiger partial charge < -0.3 is 42.6 Å². The predicted octanol–water partition coefficient (Wildman–Crippen LogP) is 1.43. The summed E-state index contributed by atoms with van der Waals surface area (Å²) in [5.74, 6) is -0.190. The van der Waals surface area contributed by atoms with E-state index in [1.54, 1.807) is 0 Å². The molecule has 11 heteroatoms. The fourth-order valence-electron chi connectivity index (χ4n) is 2.19. The topological polar surface area (TPSA) is 100 Å². The highest BCUT2D eigenvalue weighted by atomic mass is 19.1. The number of hydrogen-bond donors (Lipinski definition) is 0. The van der Waals surface area contributed by atoms with Crippen LogP contribution in [0.5, 0.6) is 0 Å². The first-order chi connectivity index (χ1) is 16.3. The van der Waals surface area contributed by atoms with Crippen molar-refractivity contribution in [1.82, 2.24) is 0 Å². The highest BCUT2D eigenvalue weighted by molar-refractivity contribution is 5.69. The Balaban J connectivity index is 3.03. The molecule has 0 saturated heterocycles. The van der Waals surface area contributed by atoms with E-state index in [2.05, 4.69) is 0 Å². The van der Waals surface area contributed by atoms with Gasteiger partial charge in [-0.2, -0.15) is 0 Å². The summed E-state index contributed by atoms with van der Waals surface area (Å²) in [7, 11) is 0. The predicted molar refractivity (Wildman–Crippen MR) is 118 cm³/mol. The van der Waals surface area contributed by atoms with Crippen LogP contribution in [0.15, 0.2) is 0 Å². The van der Waals surface area contributed by atoms with Gasteiger partial charge in [-0.1, -0.05) is 6.92 Å². The van der Waals surface area contributed by atoms with Gasteiger partial charge in [-0.05, 0) is 6.42 Å². The standard InChI is InChI=1S/C22H43FO10/c1-2-3-22(24)33-21-20-32-19-18-31-17-16-30-15-14-29-13-12-28-11-10-27-9-8-26-7-6-25-5-4-23/h2-21H2,1H3. The Bertz CT molecular complexity index is 390. The number of ether oxygens (including phenoxy) is 9. The average Bonchev–Trinajstić information content (AvgIpc) is 2.81. The maximum atomic E-state index is 11.8. The van der Waals surface area contributed by atoms with Crippen LogP contribution in [0.25, 0.3) is 0 Å². The summed E-state index contributed by atoms with van der Waals surface area (Å²) >= 11 is 0. The summed E-state index contributed by atoms with van der Waals surface area (Å²) in [6.45, 7) is 8.83. The molecule has 0 N–H and O–H groups in total. The first kappa shape index (κ1) is 32.1. The molecule has 33 heavy (non-hydrogen) atoms. The highest BCUT2D eigenvalue weighted by Gasteiger charge is 2.00. The third-order valence-corrected chi connectivity index (χ3v) is 3.77. The zero-order valence-electron chi connectivity index (χ0n) is 20.1. The zero-order chi connectivity index (χ0) is 24.1. The van der Waals surface area contributed by atoms with E-state index in [-0.39, 0.29) is 19.2 Å². The Morgan fingerprint density at radius 2 is 0.758 bits per heavy atom. The van der Waals surface area contributed by atoms with Crippen molar-refractivity contribution >= 4 is 5.97 Å². The van der Waals surface area contributed by atoms with Gasteiger partial charge in [0, 0.05) is 6.42 Å². The maximum Gasteiger partial charge on any atom is 0.305 e. The van der Waals surface area contributed by atoms with E-state index in [1.807, 2.05) is 6.92 Å². The van der Waals surface area contributed by atoms with Crippen LogP contribution >= 0.6 is 0 Å². The lowest BCUT2D eigenvalue weighted by Crippen LogP contribution is -2.15. The average molecular weight is 487 g/mol. The van der Waals surface area contributed by atoms with Crippen LogP contribution in [0.3, 0.4) is 0 Å². The van der Waals surface area contributed by atoms with Gasteiger partial charge >= 0.3 is 5.97 Å². The normalized spacial score (nSPS) is 11.2. The molecule has 0 aromatic rings. The van der Waals surface area contributed by atoms with Crippen molar-refractivity contribution in [3.05, 3.63) is 0 Å². The lowest BCUT2D eigenvalue weighted by Gasteiger charge is -2.08. The molecule has 0 bridgehead atoms. The van der Waals surface area contributed by atoms with Gasteiger partial charge in [-0.15, -0.1) is 0 Å². The van der Waals surface area contributed by atoms with Crippen LogP contribution < -0.4 is 0 Å². The maximum absolute atomic E-state index is 11.8. The molecule has 198 valence electrons. The van der Waals surface area contributed by atoms with E-state index in [0.717, 1.165) is 6.42 Å². The number of rotatable bonds is 28. The third-order valence-electron chi connectivity index (χ3n) is 3.77. The summed E-state index contributed by atoms with van der Waals surface area (Å²) in [4.78, 5) is 11.1. The van der Waals surface area contributed by atoms with Crippen molar-refractivity contribution in [3.8, 4) is 0 Å². The summed E-state index contributed by atoms with van der Waals surface area (Å²) < 4.78 is 59.2.